The van der Waals surface area contributed by atoms with E-state index in [-0.39, 0.29) is 12.4 Å². The largest absolute Gasteiger partial charge is 0.384 e. The van der Waals surface area contributed by atoms with E-state index in [9.17, 15) is 8.78 Å². The van der Waals surface area contributed by atoms with Crippen LogP contribution in [0.2, 0.25) is 0 Å². The van der Waals surface area contributed by atoms with Gasteiger partial charge < -0.3 is 10.6 Å². The molecule has 0 aliphatic heterocycles. The van der Waals surface area contributed by atoms with Crippen LogP contribution in [-0.4, -0.2) is 25.9 Å². The maximum atomic E-state index is 12.2. The number of nitrogens with one attached hydrogen (secondary N) is 1. The molecule has 0 aromatic heterocycles. The topological polar surface area (TPSA) is 53.1 Å². The van der Waals surface area contributed by atoms with Gasteiger partial charge in [-0.25, -0.2) is 8.78 Å². The van der Waals surface area contributed by atoms with Crippen molar-refractivity contribution in [3.8, 4) is 0 Å². The number of benzene rings is 1. The van der Waals surface area contributed by atoms with Crippen molar-refractivity contribution < 1.29 is 8.78 Å². The molecule has 1 aromatic carbocycles. The van der Waals surface area contributed by atoms with E-state index < -0.39 is 6.43 Å². The Labute approximate surface area is 93.4 Å². The van der Waals surface area contributed by atoms with Gasteiger partial charge in [0.1, 0.15) is 5.84 Å². The number of nitrogen functional groups attached to an aromatic ring is 1. The van der Waals surface area contributed by atoms with E-state index in [1.165, 1.54) is 4.90 Å². The van der Waals surface area contributed by atoms with Gasteiger partial charge >= 0.3 is 0 Å². The van der Waals surface area contributed by atoms with Crippen molar-refractivity contribution >= 4 is 11.5 Å². The summed E-state index contributed by atoms with van der Waals surface area (Å²) in [4.78, 5) is 1.47. The number of nitrogens with zero attached hydrogens (tertiary/aromatic N) is 1. The van der Waals surface area contributed by atoms with Gasteiger partial charge in [0.25, 0.3) is 6.43 Å². The number of anilines is 1. The number of aryl methyl sites for hydroxylation is 1. The summed E-state index contributed by atoms with van der Waals surface area (Å²) in [6.07, 6.45) is -2.36. The van der Waals surface area contributed by atoms with Crippen LogP contribution < -0.4 is 10.6 Å². The lowest BCUT2D eigenvalue weighted by molar-refractivity contribution is 0.156. The molecule has 0 fully saturated rings. The minimum Gasteiger partial charge on any atom is -0.384 e. The van der Waals surface area contributed by atoms with Gasteiger partial charge in [-0.2, -0.15) is 0 Å². The first kappa shape index (κ1) is 12.4. The van der Waals surface area contributed by atoms with Crippen LogP contribution in [0.4, 0.5) is 14.5 Å². The SMILES string of the molecule is Cc1cc(N(C)CC(F)F)ccc1C(=N)N. The van der Waals surface area contributed by atoms with Crippen molar-refractivity contribution in [2.45, 2.75) is 13.3 Å². The molecule has 0 atom stereocenters. The van der Waals surface area contributed by atoms with Crippen LogP contribution in [0.25, 0.3) is 0 Å². The fourth-order valence-electron chi connectivity index (χ4n) is 1.50. The van der Waals surface area contributed by atoms with Crippen molar-refractivity contribution in [2.75, 3.05) is 18.5 Å². The second-order valence-electron chi connectivity index (χ2n) is 3.68. The number of halogens is 2. The zero-order chi connectivity index (χ0) is 12.3. The molecule has 3 N–H and O–H groups in total. The van der Waals surface area contributed by atoms with Crippen LogP contribution in [0.15, 0.2) is 18.2 Å². The van der Waals surface area contributed by atoms with Crippen LogP contribution in [0.1, 0.15) is 11.1 Å². The van der Waals surface area contributed by atoms with E-state index in [0.29, 0.717) is 11.3 Å². The van der Waals surface area contributed by atoms with Crippen LogP contribution in [0, 0.1) is 12.3 Å². The second-order valence-corrected chi connectivity index (χ2v) is 3.68. The van der Waals surface area contributed by atoms with Crippen molar-refractivity contribution in [3.63, 3.8) is 0 Å². The highest BCUT2D eigenvalue weighted by Gasteiger charge is 2.10. The fourth-order valence-corrected chi connectivity index (χ4v) is 1.50. The normalized spacial score (nSPS) is 10.6. The van der Waals surface area contributed by atoms with Crippen molar-refractivity contribution in [1.29, 1.82) is 5.41 Å². The van der Waals surface area contributed by atoms with Crippen molar-refractivity contribution in [2.24, 2.45) is 5.73 Å². The standard InChI is InChI=1S/C11H15F2N3/c1-7-5-8(16(2)6-10(12)13)3-4-9(7)11(14)15/h3-5,10H,6H2,1-2H3,(H3,14,15). The number of nitrogens with two attached hydrogens (primary N) is 1. The monoisotopic (exact) mass is 227 g/mol. The van der Waals surface area contributed by atoms with Crippen LogP contribution in [0.5, 0.6) is 0 Å². The molecule has 0 saturated carbocycles. The molecule has 0 aliphatic carbocycles. The molecule has 0 heterocycles. The average Bonchev–Trinajstić information content (AvgIpc) is 2.15. The van der Waals surface area contributed by atoms with E-state index in [2.05, 4.69) is 0 Å². The Balaban J connectivity index is 2.92. The maximum absolute atomic E-state index is 12.2. The van der Waals surface area contributed by atoms with Gasteiger partial charge in [0.05, 0.1) is 6.54 Å². The minimum atomic E-state index is -2.36. The van der Waals surface area contributed by atoms with E-state index in [1.54, 1.807) is 32.2 Å². The minimum absolute atomic E-state index is 0.0134. The predicted octanol–water partition coefficient (Wildman–Crippen LogP) is 1.98. The van der Waals surface area contributed by atoms with Gasteiger partial charge in [-0.1, -0.05) is 0 Å². The summed E-state index contributed by atoms with van der Waals surface area (Å²) < 4.78 is 24.4. The highest BCUT2D eigenvalue weighted by molar-refractivity contribution is 5.96. The summed E-state index contributed by atoms with van der Waals surface area (Å²) in [7, 11) is 1.61. The zero-order valence-corrected chi connectivity index (χ0v) is 9.30. The highest BCUT2D eigenvalue weighted by atomic mass is 19.3. The smallest absolute Gasteiger partial charge is 0.255 e. The third-order valence-electron chi connectivity index (χ3n) is 2.35. The predicted molar refractivity (Wildman–Crippen MR) is 61.5 cm³/mol. The summed E-state index contributed by atoms with van der Waals surface area (Å²) >= 11 is 0. The lowest BCUT2D eigenvalue weighted by Crippen LogP contribution is -2.24. The summed E-state index contributed by atoms with van der Waals surface area (Å²) in [5.41, 5.74) is 7.51. The number of rotatable bonds is 4. The highest BCUT2D eigenvalue weighted by Crippen LogP contribution is 2.18. The van der Waals surface area contributed by atoms with Crippen molar-refractivity contribution in [3.05, 3.63) is 29.3 Å². The third-order valence-corrected chi connectivity index (χ3v) is 2.35. The van der Waals surface area contributed by atoms with Gasteiger partial charge in [-0.15, -0.1) is 0 Å². The molecule has 16 heavy (non-hydrogen) atoms. The summed E-state index contributed by atoms with van der Waals surface area (Å²) in [6, 6.07) is 5.11. The Kier molecular flexibility index (Phi) is 3.82. The van der Waals surface area contributed by atoms with E-state index in [1.807, 2.05) is 0 Å². The lowest BCUT2D eigenvalue weighted by Gasteiger charge is -2.19. The summed E-state index contributed by atoms with van der Waals surface area (Å²) in [6.45, 7) is 1.50. The van der Waals surface area contributed by atoms with Crippen LogP contribution in [0.3, 0.4) is 0 Å². The first-order valence-corrected chi connectivity index (χ1v) is 4.86. The average molecular weight is 227 g/mol. The molecule has 5 heteroatoms. The molecule has 0 amide bonds. The summed E-state index contributed by atoms with van der Waals surface area (Å²) in [5, 5.41) is 7.31. The van der Waals surface area contributed by atoms with Gasteiger partial charge in [0, 0.05) is 18.3 Å². The quantitative estimate of drug-likeness (QED) is 0.610. The molecular formula is C11H15F2N3. The summed E-state index contributed by atoms with van der Waals surface area (Å²) in [5.74, 6) is -0.0134. The Morgan fingerprint density at radius 3 is 2.56 bits per heavy atom. The lowest BCUT2D eigenvalue weighted by atomic mass is 10.1. The first-order valence-electron chi connectivity index (χ1n) is 4.86. The molecule has 3 nitrogen and oxygen atoms in total. The van der Waals surface area contributed by atoms with Gasteiger partial charge in [0.2, 0.25) is 0 Å². The molecule has 0 bridgehead atoms. The molecule has 0 saturated heterocycles. The molecule has 1 rings (SSSR count). The fraction of sp³-hybridized carbons (Fsp3) is 0.364. The Morgan fingerprint density at radius 1 is 1.50 bits per heavy atom. The number of amidine groups is 1. The Bertz CT molecular complexity index is 391. The molecule has 1 aromatic rings. The zero-order valence-electron chi connectivity index (χ0n) is 9.30. The Hall–Kier alpha value is -1.65. The van der Waals surface area contributed by atoms with Crippen LogP contribution >= 0.6 is 0 Å². The van der Waals surface area contributed by atoms with Crippen molar-refractivity contribution in [1.82, 2.24) is 0 Å². The molecule has 0 aliphatic rings. The van der Waals surface area contributed by atoms with Crippen LogP contribution in [-0.2, 0) is 0 Å². The molecule has 88 valence electrons. The second kappa shape index (κ2) is 4.92. The van der Waals surface area contributed by atoms with Gasteiger partial charge in [-0.3, -0.25) is 5.41 Å². The van der Waals surface area contributed by atoms with E-state index in [0.717, 1.165) is 5.56 Å². The van der Waals surface area contributed by atoms with Gasteiger partial charge in [-0.05, 0) is 30.7 Å². The van der Waals surface area contributed by atoms with E-state index >= 15 is 0 Å². The Morgan fingerprint density at radius 2 is 2.12 bits per heavy atom. The number of hydrogen-bond acceptors (Lipinski definition) is 2. The third kappa shape index (κ3) is 2.92. The number of alkyl halides is 2. The molecule has 0 radical (unpaired) electrons. The maximum Gasteiger partial charge on any atom is 0.255 e. The van der Waals surface area contributed by atoms with E-state index in [4.69, 9.17) is 11.1 Å². The molecular weight excluding hydrogens is 212 g/mol. The van der Waals surface area contributed by atoms with Gasteiger partial charge in [0.15, 0.2) is 0 Å². The number of hydrogen-bond donors (Lipinski definition) is 2. The first-order chi connectivity index (χ1) is 7.41. The molecule has 0 spiro atoms. The molecule has 0 unspecified atom stereocenters.